The van der Waals surface area contributed by atoms with Crippen LogP contribution in [0, 0.1) is 0 Å². The van der Waals surface area contributed by atoms with Crippen molar-refractivity contribution in [1.82, 2.24) is 5.32 Å². The van der Waals surface area contributed by atoms with Crippen molar-refractivity contribution in [2.45, 2.75) is 51.6 Å². The first-order valence-electron chi connectivity index (χ1n) is 8.62. The van der Waals surface area contributed by atoms with Crippen LogP contribution in [0.3, 0.4) is 0 Å². The number of carboxylic acids is 1. The molecule has 2 unspecified atom stereocenters. The number of amides is 2. The first kappa shape index (κ1) is 18.9. The summed E-state index contributed by atoms with van der Waals surface area (Å²) < 4.78 is 0. The number of carbonyl (C=O) groups is 3. The molecule has 7 nitrogen and oxygen atoms in total. The van der Waals surface area contributed by atoms with Gasteiger partial charge in [0.2, 0.25) is 11.8 Å². The number of nitrogens with zero attached hydrogens (tertiary/aromatic N) is 1. The normalized spacial score (nSPS) is 16.6. The first-order valence-corrected chi connectivity index (χ1v) is 8.62. The van der Waals surface area contributed by atoms with Crippen molar-refractivity contribution in [2.24, 2.45) is 0 Å². The number of anilines is 2. The maximum atomic E-state index is 12.2. The molecular formula is C18H25N3O4. The molecule has 1 fully saturated rings. The van der Waals surface area contributed by atoms with Crippen molar-refractivity contribution in [3.05, 3.63) is 24.3 Å². The second-order valence-corrected chi connectivity index (χ2v) is 6.25. The number of rotatable bonds is 8. The SMILES string of the molecule is CCCC(NC(C)C(=O)Nc1ccc(N2CCCC2=O)cc1)C(=O)O. The Bertz CT molecular complexity index is 630. The molecule has 1 aliphatic heterocycles. The van der Waals surface area contributed by atoms with E-state index in [1.54, 1.807) is 36.1 Å². The number of hydrogen-bond donors (Lipinski definition) is 3. The third-order valence-electron chi connectivity index (χ3n) is 4.24. The minimum Gasteiger partial charge on any atom is -0.480 e. The Hall–Kier alpha value is -2.41. The number of nitrogens with one attached hydrogen (secondary N) is 2. The Morgan fingerprint density at radius 1 is 1.28 bits per heavy atom. The third-order valence-corrected chi connectivity index (χ3v) is 4.24. The molecule has 25 heavy (non-hydrogen) atoms. The van der Waals surface area contributed by atoms with E-state index in [2.05, 4.69) is 10.6 Å². The van der Waals surface area contributed by atoms with E-state index in [0.29, 0.717) is 18.5 Å². The summed E-state index contributed by atoms with van der Waals surface area (Å²) in [4.78, 5) is 36.9. The number of carbonyl (C=O) groups excluding carboxylic acids is 2. The van der Waals surface area contributed by atoms with Gasteiger partial charge in [-0.15, -0.1) is 0 Å². The first-order chi connectivity index (χ1) is 11.9. The van der Waals surface area contributed by atoms with Crippen molar-refractivity contribution >= 4 is 29.2 Å². The molecule has 0 aromatic heterocycles. The minimum atomic E-state index is -0.957. The van der Waals surface area contributed by atoms with E-state index >= 15 is 0 Å². The van der Waals surface area contributed by atoms with Gasteiger partial charge >= 0.3 is 5.97 Å². The molecule has 2 rings (SSSR count). The molecule has 0 radical (unpaired) electrons. The van der Waals surface area contributed by atoms with Crippen LogP contribution >= 0.6 is 0 Å². The second-order valence-electron chi connectivity index (χ2n) is 6.25. The zero-order valence-electron chi connectivity index (χ0n) is 14.6. The summed E-state index contributed by atoms with van der Waals surface area (Å²) in [6.07, 6.45) is 2.62. The quantitative estimate of drug-likeness (QED) is 0.668. The highest BCUT2D eigenvalue weighted by Gasteiger charge is 2.23. The molecule has 0 bridgehead atoms. The summed E-state index contributed by atoms with van der Waals surface area (Å²) in [7, 11) is 0. The van der Waals surface area contributed by atoms with Crippen LogP contribution in [0.5, 0.6) is 0 Å². The molecule has 1 heterocycles. The Morgan fingerprint density at radius 2 is 1.96 bits per heavy atom. The van der Waals surface area contributed by atoms with Gasteiger partial charge in [-0.05, 0) is 44.0 Å². The van der Waals surface area contributed by atoms with Crippen LogP contribution in [0.2, 0.25) is 0 Å². The van der Waals surface area contributed by atoms with Gasteiger partial charge in [-0.3, -0.25) is 19.7 Å². The van der Waals surface area contributed by atoms with E-state index in [0.717, 1.165) is 25.1 Å². The molecule has 0 spiro atoms. The van der Waals surface area contributed by atoms with Crippen LogP contribution < -0.4 is 15.5 Å². The number of carboxylic acid groups (broad SMARTS) is 1. The van der Waals surface area contributed by atoms with Crippen LogP contribution in [0.1, 0.15) is 39.5 Å². The van der Waals surface area contributed by atoms with Crippen molar-refractivity contribution in [3.63, 3.8) is 0 Å². The molecule has 2 amide bonds. The Balaban J connectivity index is 1.93. The predicted molar refractivity (Wildman–Crippen MR) is 95.6 cm³/mol. The lowest BCUT2D eigenvalue weighted by atomic mass is 10.1. The molecule has 2 atom stereocenters. The minimum absolute atomic E-state index is 0.116. The van der Waals surface area contributed by atoms with E-state index in [1.807, 2.05) is 6.92 Å². The fraction of sp³-hybridized carbons (Fsp3) is 0.500. The van der Waals surface area contributed by atoms with Crippen LogP contribution in [0.15, 0.2) is 24.3 Å². The highest BCUT2D eigenvalue weighted by atomic mass is 16.4. The maximum absolute atomic E-state index is 12.2. The zero-order valence-corrected chi connectivity index (χ0v) is 14.6. The van der Waals surface area contributed by atoms with E-state index in [1.165, 1.54) is 0 Å². The summed E-state index contributed by atoms with van der Waals surface area (Å²) in [5.74, 6) is -1.14. The summed E-state index contributed by atoms with van der Waals surface area (Å²) in [6, 6.07) is 5.71. The van der Waals surface area contributed by atoms with Crippen molar-refractivity contribution in [2.75, 3.05) is 16.8 Å². The van der Waals surface area contributed by atoms with Gasteiger partial charge in [0.25, 0.3) is 0 Å². The van der Waals surface area contributed by atoms with E-state index in [9.17, 15) is 14.4 Å². The highest BCUT2D eigenvalue weighted by Crippen LogP contribution is 2.23. The van der Waals surface area contributed by atoms with Crippen molar-refractivity contribution in [3.8, 4) is 0 Å². The van der Waals surface area contributed by atoms with Gasteiger partial charge in [0, 0.05) is 24.3 Å². The number of benzene rings is 1. The van der Waals surface area contributed by atoms with Crippen LogP contribution in [-0.2, 0) is 14.4 Å². The molecule has 1 aromatic rings. The predicted octanol–water partition coefficient (Wildman–Crippen LogP) is 1.98. The lowest BCUT2D eigenvalue weighted by molar-refractivity contribution is -0.140. The van der Waals surface area contributed by atoms with E-state index in [4.69, 9.17) is 5.11 Å². The van der Waals surface area contributed by atoms with Gasteiger partial charge < -0.3 is 15.3 Å². The Kier molecular flexibility index (Phi) is 6.52. The number of aliphatic carboxylic acids is 1. The molecule has 1 aromatic carbocycles. The van der Waals surface area contributed by atoms with Crippen molar-refractivity contribution in [1.29, 1.82) is 0 Å². The monoisotopic (exact) mass is 347 g/mol. The maximum Gasteiger partial charge on any atom is 0.320 e. The fourth-order valence-corrected chi connectivity index (χ4v) is 2.84. The summed E-state index contributed by atoms with van der Waals surface area (Å²) >= 11 is 0. The smallest absolute Gasteiger partial charge is 0.320 e. The van der Waals surface area contributed by atoms with Crippen LogP contribution in [0.4, 0.5) is 11.4 Å². The molecular weight excluding hydrogens is 322 g/mol. The van der Waals surface area contributed by atoms with Gasteiger partial charge in [0.1, 0.15) is 6.04 Å². The average molecular weight is 347 g/mol. The summed E-state index contributed by atoms with van der Waals surface area (Å²) in [5.41, 5.74) is 1.43. The lowest BCUT2D eigenvalue weighted by Gasteiger charge is -2.20. The fourth-order valence-electron chi connectivity index (χ4n) is 2.84. The van der Waals surface area contributed by atoms with Crippen molar-refractivity contribution < 1.29 is 19.5 Å². The van der Waals surface area contributed by atoms with Gasteiger partial charge in [0.05, 0.1) is 6.04 Å². The molecule has 136 valence electrons. The van der Waals surface area contributed by atoms with Gasteiger partial charge in [-0.25, -0.2) is 0 Å². The molecule has 0 saturated carbocycles. The molecule has 1 aliphatic rings. The Morgan fingerprint density at radius 3 is 2.48 bits per heavy atom. The van der Waals surface area contributed by atoms with Gasteiger partial charge in [0.15, 0.2) is 0 Å². The Labute approximate surface area is 147 Å². The summed E-state index contributed by atoms with van der Waals surface area (Å²) in [6.45, 7) is 4.26. The topological polar surface area (TPSA) is 98.7 Å². The molecule has 1 saturated heterocycles. The molecule has 0 aliphatic carbocycles. The van der Waals surface area contributed by atoms with Crippen LogP contribution in [0.25, 0.3) is 0 Å². The van der Waals surface area contributed by atoms with E-state index in [-0.39, 0.29) is 11.8 Å². The number of hydrogen-bond acceptors (Lipinski definition) is 4. The molecule has 3 N–H and O–H groups in total. The third kappa shape index (κ3) is 5.03. The lowest BCUT2D eigenvalue weighted by Crippen LogP contribution is -2.47. The van der Waals surface area contributed by atoms with Gasteiger partial charge in [-0.2, -0.15) is 0 Å². The largest absolute Gasteiger partial charge is 0.480 e. The highest BCUT2D eigenvalue weighted by molar-refractivity contribution is 5.97. The molecule has 7 heteroatoms. The van der Waals surface area contributed by atoms with Crippen LogP contribution in [-0.4, -0.2) is 41.5 Å². The zero-order chi connectivity index (χ0) is 18.4. The summed E-state index contributed by atoms with van der Waals surface area (Å²) in [5, 5.41) is 14.7. The standard InChI is InChI=1S/C18H25N3O4/c1-3-5-15(18(24)25)19-12(2)17(23)20-13-7-9-14(10-8-13)21-11-4-6-16(21)22/h7-10,12,15,19H,3-6,11H2,1-2H3,(H,20,23)(H,24,25). The average Bonchev–Trinajstić information content (AvgIpc) is 3.01. The van der Waals surface area contributed by atoms with E-state index < -0.39 is 18.1 Å². The second kappa shape index (κ2) is 8.62. The van der Waals surface area contributed by atoms with Gasteiger partial charge in [-0.1, -0.05) is 13.3 Å².